The Balaban J connectivity index is 1.82. The van der Waals surface area contributed by atoms with E-state index in [1.807, 2.05) is 24.3 Å². The number of rotatable bonds is 4. The molecule has 1 aliphatic rings. The van der Waals surface area contributed by atoms with Crippen molar-refractivity contribution in [2.24, 2.45) is 0 Å². The van der Waals surface area contributed by atoms with Crippen molar-refractivity contribution in [3.8, 4) is 5.75 Å². The van der Waals surface area contributed by atoms with Crippen LogP contribution in [0.25, 0.3) is 6.08 Å². The molecular weight excluding hydrogens is 314 g/mol. The van der Waals surface area contributed by atoms with Gasteiger partial charge in [0.05, 0.1) is 7.11 Å². The molecule has 0 saturated heterocycles. The number of hydrogen-bond donors (Lipinski definition) is 0. The number of carbonyl (C=O) groups excluding carboxylic acids is 1. The van der Waals surface area contributed by atoms with E-state index in [-0.39, 0.29) is 11.7 Å². The van der Waals surface area contributed by atoms with Gasteiger partial charge < -0.3 is 9.47 Å². The van der Waals surface area contributed by atoms with Gasteiger partial charge in [-0.2, -0.15) is 0 Å². The summed E-state index contributed by atoms with van der Waals surface area (Å²) in [5.74, 6) is -2.60. The highest BCUT2D eigenvalue weighted by atomic mass is 19.1. The van der Waals surface area contributed by atoms with E-state index in [0.29, 0.717) is 6.42 Å². The first kappa shape index (κ1) is 16.2. The lowest BCUT2D eigenvalue weighted by atomic mass is 10.1. The zero-order chi connectivity index (χ0) is 17.1. The number of benzene rings is 2. The molecule has 0 aliphatic heterocycles. The summed E-state index contributed by atoms with van der Waals surface area (Å²) in [4.78, 5) is 11.0. The van der Waals surface area contributed by atoms with Crippen molar-refractivity contribution >= 4 is 12.0 Å². The number of halogens is 2. The Hall–Kier alpha value is -2.69. The van der Waals surface area contributed by atoms with Crippen molar-refractivity contribution < 1.29 is 23.0 Å². The van der Waals surface area contributed by atoms with Gasteiger partial charge in [0.25, 0.3) is 0 Å². The summed E-state index contributed by atoms with van der Waals surface area (Å²) in [7, 11) is 1.23. The Labute approximate surface area is 138 Å². The fraction of sp³-hybridized carbons (Fsp3) is 0.211. The van der Waals surface area contributed by atoms with Crippen LogP contribution in [0.2, 0.25) is 0 Å². The van der Waals surface area contributed by atoms with Crippen LogP contribution in [-0.2, 0) is 16.0 Å². The fourth-order valence-electron chi connectivity index (χ4n) is 2.80. The monoisotopic (exact) mass is 330 g/mol. The molecule has 0 aromatic heterocycles. The van der Waals surface area contributed by atoms with Crippen molar-refractivity contribution in [1.29, 1.82) is 0 Å². The number of carbonyl (C=O) groups is 1. The van der Waals surface area contributed by atoms with Crippen LogP contribution in [0.5, 0.6) is 5.75 Å². The van der Waals surface area contributed by atoms with Gasteiger partial charge in [0.15, 0.2) is 17.4 Å². The Kier molecular flexibility index (Phi) is 4.60. The summed E-state index contributed by atoms with van der Waals surface area (Å²) in [6, 6.07) is 9.97. The molecule has 0 heterocycles. The highest BCUT2D eigenvalue weighted by Crippen LogP contribution is 2.36. The van der Waals surface area contributed by atoms with Gasteiger partial charge in [0.1, 0.15) is 6.10 Å². The minimum atomic E-state index is -0.802. The summed E-state index contributed by atoms with van der Waals surface area (Å²) in [6.45, 7) is 0. The van der Waals surface area contributed by atoms with E-state index in [4.69, 9.17) is 4.74 Å². The number of hydrogen-bond acceptors (Lipinski definition) is 3. The van der Waals surface area contributed by atoms with Crippen LogP contribution in [-0.4, -0.2) is 13.1 Å². The quantitative estimate of drug-likeness (QED) is 0.622. The Morgan fingerprint density at radius 3 is 2.62 bits per heavy atom. The molecule has 0 amide bonds. The van der Waals surface area contributed by atoms with E-state index in [1.54, 1.807) is 0 Å². The molecule has 0 saturated carbocycles. The highest BCUT2D eigenvalue weighted by Gasteiger charge is 2.26. The van der Waals surface area contributed by atoms with E-state index in [1.165, 1.54) is 13.2 Å². The van der Waals surface area contributed by atoms with Crippen LogP contribution in [0.3, 0.4) is 0 Å². The van der Waals surface area contributed by atoms with Crippen LogP contribution in [0.15, 0.2) is 42.5 Å². The first-order valence-corrected chi connectivity index (χ1v) is 7.58. The molecule has 0 N–H and O–H groups in total. The lowest BCUT2D eigenvalue weighted by Gasteiger charge is -2.16. The lowest BCUT2D eigenvalue weighted by Crippen LogP contribution is -2.06. The maximum Gasteiger partial charge on any atom is 0.330 e. The van der Waals surface area contributed by atoms with Gasteiger partial charge in [-0.3, -0.25) is 0 Å². The molecule has 1 atom stereocenters. The molecule has 2 aromatic carbocycles. The third-order valence-corrected chi connectivity index (χ3v) is 3.97. The predicted molar refractivity (Wildman–Crippen MR) is 85.5 cm³/mol. The third kappa shape index (κ3) is 3.30. The van der Waals surface area contributed by atoms with Crippen molar-refractivity contribution in [1.82, 2.24) is 0 Å². The molecule has 0 radical (unpaired) electrons. The Morgan fingerprint density at radius 2 is 1.92 bits per heavy atom. The largest absolute Gasteiger partial charge is 0.480 e. The number of esters is 1. The van der Waals surface area contributed by atoms with Gasteiger partial charge in [-0.1, -0.05) is 24.3 Å². The smallest absolute Gasteiger partial charge is 0.330 e. The van der Waals surface area contributed by atoms with Crippen LogP contribution < -0.4 is 4.74 Å². The second kappa shape index (κ2) is 6.83. The van der Waals surface area contributed by atoms with E-state index in [2.05, 4.69) is 4.74 Å². The predicted octanol–water partition coefficient (Wildman–Crippen LogP) is 4.22. The van der Waals surface area contributed by atoms with E-state index < -0.39 is 23.4 Å². The summed E-state index contributed by atoms with van der Waals surface area (Å²) in [5, 5.41) is 0. The molecule has 0 bridgehead atoms. The minimum Gasteiger partial charge on any atom is -0.480 e. The maximum absolute atomic E-state index is 14.2. The lowest BCUT2D eigenvalue weighted by molar-refractivity contribution is -0.134. The maximum atomic E-state index is 14.2. The number of ether oxygens (including phenoxy) is 2. The number of aryl methyl sites for hydroxylation is 1. The molecule has 1 unspecified atom stereocenters. The van der Waals surface area contributed by atoms with Gasteiger partial charge in [-0.05, 0) is 47.7 Å². The third-order valence-electron chi connectivity index (χ3n) is 3.97. The molecule has 0 fully saturated rings. The fourth-order valence-corrected chi connectivity index (χ4v) is 2.80. The molecule has 1 aliphatic carbocycles. The topological polar surface area (TPSA) is 35.5 Å². The Bertz CT molecular complexity index is 776. The minimum absolute atomic E-state index is 0.217. The standard InChI is InChI=1S/C19H16F2O3/c1-23-18(22)9-6-12-10-15(20)19(16(21)11-12)24-17-8-7-13-4-2-3-5-14(13)17/h2-6,9-11,17H,7-8H2,1H3. The second-order valence-corrected chi connectivity index (χ2v) is 5.51. The van der Waals surface area contributed by atoms with Gasteiger partial charge in [0.2, 0.25) is 0 Å². The normalized spacial score (nSPS) is 16.2. The Morgan fingerprint density at radius 1 is 1.21 bits per heavy atom. The van der Waals surface area contributed by atoms with E-state index in [0.717, 1.165) is 35.8 Å². The average molecular weight is 330 g/mol. The van der Waals surface area contributed by atoms with Crippen LogP contribution in [0.4, 0.5) is 8.78 Å². The number of methoxy groups -OCH3 is 1. The van der Waals surface area contributed by atoms with Crippen LogP contribution in [0.1, 0.15) is 29.2 Å². The van der Waals surface area contributed by atoms with Gasteiger partial charge in [0, 0.05) is 6.08 Å². The summed E-state index contributed by atoms with van der Waals surface area (Å²) < 4.78 is 38.5. The van der Waals surface area contributed by atoms with Crippen molar-refractivity contribution in [3.05, 3.63) is 70.8 Å². The molecule has 3 nitrogen and oxygen atoms in total. The van der Waals surface area contributed by atoms with Gasteiger partial charge in [-0.25, -0.2) is 13.6 Å². The molecule has 24 heavy (non-hydrogen) atoms. The van der Waals surface area contributed by atoms with Gasteiger partial charge in [-0.15, -0.1) is 0 Å². The second-order valence-electron chi connectivity index (χ2n) is 5.51. The SMILES string of the molecule is COC(=O)C=Cc1cc(F)c(OC2CCc3ccccc32)c(F)c1. The van der Waals surface area contributed by atoms with Crippen molar-refractivity contribution in [3.63, 3.8) is 0 Å². The molecular formula is C19H16F2O3. The van der Waals surface area contributed by atoms with Gasteiger partial charge >= 0.3 is 5.97 Å². The zero-order valence-corrected chi connectivity index (χ0v) is 13.1. The summed E-state index contributed by atoms with van der Waals surface area (Å²) in [6.07, 6.45) is 3.53. The number of fused-ring (bicyclic) bond motifs is 1. The summed E-state index contributed by atoms with van der Waals surface area (Å²) in [5.41, 5.74) is 2.32. The zero-order valence-electron chi connectivity index (χ0n) is 13.1. The highest BCUT2D eigenvalue weighted by molar-refractivity contribution is 5.86. The molecule has 5 heteroatoms. The van der Waals surface area contributed by atoms with Crippen molar-refractivity contribution in [2.45, 2.75) is 18.9 Å². The first-order valence-electron chi connectivity index (χ1n) is 7.58. The van der Waals surface area contributed by atoms with Crippen molar-refractivity contribution in [2.75, 3.05) is 7.11 Å². The van der Waals surface area contributed by atoms with Crippen LogP contribution >= 0.6 is 0 Å². The molecule has 3 rings (SSSR count). The average Bonchev–Trinajstić information content (AvgIpc) is 2.99. The van der Waals surface area contributed by atoms with E-state index in [9.17, 15) is 13.6 Å². The molecule has 2 aromatic rings. The van der Waals surface area contributed by atoms with E-state index >= 15 is 0 Å². The first-order chi connectivity index (χ1) is 11.6. The summed E-state index contributed by atoms with van der Waals surface area (Å²) >= 11 is 0. The molecule has 0 spiro atoms. The molecule has 124 valence electrons. The van der Waals surface area contributed by atoms with Crippen LogP contribution in [0, 0.1) is 11.6 Å².